The smallest absolute Gasteiger partial charge is 0.0573 e. The number of aryl methyl sites for hydroxylation is 1. The molecule has 0 bridgehead atoms. The molecule has 0 aliphatic carbocycles. The van der Waals surface area contributed by atoms with Crippen LogP contribution < -0.4 is 5.32 Å². The normalized spacial score (nSPS) is 8.94. The van der Waals surface area contributed by atoms with Crippen molar-refractivity contribution in [2.75, 3.05) is 5.32 Å². The number of aromatic nitrogens is 2. The van der Waals surface area contributed by atoms with Gasteiger partial charge in [-0.05, 0) is 30.7 Å². The van der Waals surface area contributed by atoms with Gasteiger partial charge in [0.2, 0.25) is 0 Å². The van der Waals surface area contributed by atoms with Gasteiger partial charge in [0.05, 0.1) is 11.9 Å². The van der Waals surface area contributed by atoms with Gasteiger partial charge in [0, 0.05) is 24.3 Å². The van der Waals surface area contributed by atoms with Crippen molar-refractivity contribution in [3.63, 3.8) is 0 Å². The summed E-state index contributed by atoms with van der Waals surface area (Å²) in [6, 6.07) is 5.89. The average molecular weight is 215 g/mol. The molecule has 0 radical (unpaired) electrons. The van der Waals surface area contributed by atoms with Crippen LogP contribution >= 0.6 is 0 Å². The lowest BCUT2D eigenvalue weighted by Gasteiger charge is -2.05. The van der Waals surface area contributed by atoms with Gasteiger partial charge in [0.1, 0.15) is 0 Å². The summed E-state index contributed by atoms with van der Waals surface area (Å²) in [5.41, 5.74) is 3.16. The van der Waals surface area contributed by atoms with Gasteiger partial charge in [-0.15, -0.1) is 0 Å². The molecule has 2 rings (SSSR count). The molecule has 0 aliphatic heterocycles. The molecule has 2 heterocycles. The number of hydrogen-bond donors (Lipinski definition) is 1. The molecule has 0 aromatic carbocycles. The fourth-order valence-corrected chi connectivity index (χ4v) is 1.23. The highest BCUT2D eigenvalue weighted by Crippen LogP contribution is 2.14. The summed E-state index contributed by atoms with van der Waals surface area (Å²) >= 11 is 0. The maximum Gasteiger partial charge on any atom is 0.0573 e. The zero-order valence-corrected chi connectivity index (χ0v) is 9.94. The molecule has 0 fully saturated rings. The number of hydrogen-bond acceptors (Lipinski definition) is 3. The van der Waals surface area contributed by atoms with Crippen molar-refractivity contribution in [3.8, 4) is 0 Å². The van der Waals surface area contributed by atoms with Gasteiger partial charge in [0.25, 0.3) is 0 Å². The topological polar surface area (TPSA) is 37.8 Å². The first-order chi connectivity index (χ1) is 7.84. The first-order valence-corrected chi connectivity index (χ1v) is 5.43. The Labute approximate surface area is 96.6 Å². The van der Waals surface area contributed by atoms with Crippen LogP contribution in [0.25, 0.3) is 0 Å². The second-order valence-corrected chi connectivity index (χ2v) is 3.11. The molecule has 0 spiro atoms. The molecule has 0 atom stereocenters. The number of anilines is 2. The summed E-state index contributed by atoms with van der Waals surface area (Å²) in [5, 5.41) is 3.24. The molecule has 0 unspecified atom stereocenters. The van der Waals surface area contributed by atoms with E-state index in [0.29, 0.717) is 0 Å². The monoisotopic (exact) mass is 215 g/mol. The molecule has 0 amide bonds. The SMILES string of the molecule is CC.Cc1cncc(Nc2ccncc2)c1. The van der Waals surface area contributed by atoms with E-state index < -0.39 is 0 Å². The number of rotatable bonds is 2. The van der Waals surface area contributed by atoms with Crippen molar-refractivity contribution in [2.24, 2.45) is 0 Å². The largest absolute Gasteiger partial charge is 0.354 e. The van der Waals surface area contributed by atoms with Crippen molar-refractivity contribution >= 4 is 11.4 Å². The Morgan fingerprint density at radius 2 is 1.62 bits per heavy atom. The van der Waals surface area contributed by atoms with Crippen molar-refractivity contribution in [2.45, 2.75) is 20.8 Å². The molecule has 0 aliphatic rings. The minimum Gasteiger partial charge on any atom is -0.354 e. The Hall–Kier alpha value is -1.90. The molecule has 0 saturated heterocycles. The van der Waals surface area contributed by atoms with E-state index in [4.69, 9.17) is 0 Å². The Bertz CT molecular complexity index is 413. The zero-order chi connectivity index (χ0) is 11.8. The quantitative estimate of drug-likeness (QED) is 0.832. The zero-order valence-electron chi connectivity index (χ0n) is 9.94. The summed E-state index contributed by atoms with van der Waals surface area (Å²) in [7, 11) is 0. The van der Waals surface area contributed by atoms with E-state index in [1.807, 2.05) is 45.2 Å². The summed E-state index contributed by atoms with van der Waals surface area (Å²) in [6.07, 6.45) is 7.14. The fourth-order valence-electron chi connectivity index (χ4n) is 1.23. The van der Waals surface area contributed by atoms with Gasteiger partial charge >= 0.3 is 0 Å². The third kappa shape index (κ3) is 3.69. The second kappa shape index (κ2) is 6.56. The molecule has 84 valence electrons. The van der Waals surface area contributed by atoms with Crippen molar-refractivity contribution in [3.05, 3.63) is 48.5 Å². The Morgan fingerprint density at radius 1 is 0.938 bits per heavy atom. The second-order valence-electron chi connectivity index (χ2n) is 3.11. The summed E-state index contributed by atoms with van der Waals surface area (Å²) in [6.45, 7) is 6.02. The lowest BCUT2D eigenvalue weighted by atomic mass is 10.3. The maximum absolute atomic E-state index is 4.10. The Kier molecular flexibility index (Phi) is 4.99. The molecule has 3 nitrogen and oxygen atoms in total. The fraction of sp³-hybridized carbons (Fsp3) is 0.231. The summed E-state index contributed by atoms with van der Waals surface area (Å²) in [5.74, 6) is 0. The van der Waals surface area contributed by atoms with E-state index in [0.717, 1.165) is 16.9 Å². The van der Waals surface area contributed by atoms with E-state index in [2.05, 4.69) is 15.3 Å². The molecule has 16 heavy (non-hydrogen) atoms. The van der Waals surface area contributed by atoms with Crippen LogP contribution in [0.3, 0.4) is 0 Å². The maximum atomic E-state index is 4.10. The van der Waals surface area contributed by atoms with E-state index in [-0.39, 0.29) is 0 Å². The van der Waals surface area contributed by atoms with Crippen LogP contribution in [-0.4, -0.2) is 9.97 Å². The van der Waals surface area contributed by atoms with E-state index in [1.54, 1.807) is 18.6 Å². The van der Waals surface area contributed by atoms with E-state index in [1.165, 1.54) is 0 Å². The number of nitrogens with one attached hydrogen (secondary N) is 1. The Balaban J connectivity index is 0.000000606. The van der Waals surface area contributed by atoms with E-state index >= 15 is 0 Å². The minimum absolute atomic E-state index is 0.996. The van der Waals surface area contributed by atoms with Crippen LogP contribution in [-0.2, 0) is 0 Å². The van der Waals surface area contributed by atoms with Crippen LogP contribution in [0.5, 0.6) is 0 Å². The van der Waals surface area contributed by atoms with Gasteiger partial charge in [-0.1, -0.05) is 13.8 Å². The lowest BCUT2D eigenvalue weighted by molar-refractivity contribution is 1.26. The molecule has 3 heteroatoms. The highest BCUT2D eigenvalue weighted by Gasteiger charge is 1.93. The van der Waals surface area contributed by atoms with Crippen LogP contribution in [0.15, 0.2) is 43.0 Å². The number of pyridine rings is 2. The van der Waals surface area contributed by atoms with Crippen LogP contribution in [0.2, 0.25) is 0 Å². The highest BCUT2D eigenvalue weighted by atomic mass is 14.9. The Morgan fingerprint density at radius 3 is 2.25 bits per heavy atom. The summed E-state index contributed by atoms with van der Waals surface area (Å²) in [4.78, 5) is 8.05. The predicted octanol–water partition coefficient (Wildman–Crippen LogP) is 3.55. The first-order valence-electron chi connectivity index (χ1n) is 5.43. The number of nitrogens with zero attached hydrogens (tertiary/aromatic N) is 2. The molecule has 1 N–H and O–H groups in total. The predicted molar refractivity (Wildman–Crippen MR) is 67.8 cm³/mol. The van der Waals surface area contributed by atoms with Crippen molar-refractivity contribution in [1.82, 2.24) is 9.97 Å². The summed E-state index contributed by atoms with van der Waals surface area (Å²) < 4.78 is 0. The minimum atomic E-state index is 0.996. The molecular formula is C13H17N3. The standard InChI is InChI=1S/C11H11N3.C2H6/c1-9-6-11(8-13-7-9)14-10-2-4-12-5-3-10;1-2/h2-8H,1H3,(H,12,14);1-2H3. The molecule has 2 aromatic heterocycles. The third-order valence-electron chi connectivity index (χ3n) is 1.84. The van der Waals surface area contributed by atoms with Crippen molar-refractivity contribution in [1.29, 1.82) is 0 Å². The highest BCUT2D eigenvalue weighted by molar-refractivity contribution is 5.58. The van der Waals surface area contributed by atoms with Gasteiger partial charge < -0.3 is 5.32 Å². The lowest BCUT2D eigenvalue weighted by Crippen LogP contribution is -1.91. The van der Waals surface area contributed by atoms with Gasteiger partial charge in [-0.2, -0.15) is 0 Å². The average Bonchev–Trinajstić information content (AvgIpc) is 2.33. The van der Waals surface area contributed by atoms with Gasteiger partial charge in [-0.25, -0.2) is 0 Å². The van der Waals surface area contributed by atoms with Crippen LogP contribution in [0.1, 0.15) is 19.4 Å². The molecular weight excluding hydrogens is 198 g/mol. The van der Waals surface area contributed by atoms with Crippen molar-refractivity contribution < 1.29 is 0 Å². The van der Waals surface area contributed by atoms with Gasteiger partial charge in [-0.3, -0.25) is 9.97 Å². The first kappa shape index (κ1) is 12.2. The van der Waals surface area contributed by atoms with E-state index in [9.17, 15) is 0 Å². The van der Waals surface area contributed by atoms with Crippen LogP contribution in [0.4, 0.5) is 11.4 Å². The van der Waals surface area contributed by atoms with Crippen LogP contribution in [0, 0.1) is 6.92 Å². The molecule has 2 aromatic rings. The molecule has 0 saturated carbocycles. The third-order valence-corrected chi connectivity index (χ3v) is 1.84. The van der Waals surface area contributed by atoms with Gasteiger partial charge in [0.15, 0.2) is 0 Å².